The second-order valence-electron chi connectivity index (χ2n) is 9.08. The first-order chi connectivity index (χ1) is 18.2. The average Bonchev–Trinajstić information content (AvgIpc) is 3.21. The molecule has 4 aromatic rings. The van der Waals surface area contributed by atoms with Crippen molar-refractivity contribution in [3.05, 3.63) is 65.1 Å². The Labute approximate surface area is 220 Å². The van der Waals surface area contributed by atoms with Crippen LogP contribution in [0.25, 0.3) is 10.9 Å². The smallest absolute Gasteiger partial charge is 0.273 e. The summed E-state index contributed by atoms with van der Waals surface area (Å²) >= 11 is 0. The molecule has 0 saturated carbocycles. The minimum absolute atomic E-state index is 0.0378. The standard InChI is InChI=1S/C26H32N10O2/c1-16-7-5-8-19-13-20(14-31-26(38)23-24(27)29-11-10-28-23)25(33-22(16)19)30-9-6-12-35(4)21(37)15-36-18(3)32-17(2)34-36/h5,7-8,10-11,13H,6,9,12,14-15H2,1-4H3,(H2,27,29)(H,30,33)(H,31,38). The van der Waals surface area contributed by atoms with Crippen molar-refractivity contribution in [3.63, 3.8) is 0 Å². The highest BCUT2D eigenvalue weighted by atomic mass is 16.2. The van der Waals surface area contributed by atoms with Crippen LogP contribution in [0.3, 0.4) is 0 Å². The maximum atomic E-state index is 12.6. The van der Waals surface area contributed by atoms with Gasteiger partial charge in [-0.1, -0.05) is 18.2 Å². The van der Waals surface area contributed by atoms with E-state index in [2.05, 4.69) is 30.7 Å². The van der Waals surface area contributed by atoms with Gasteiger partial charge >= 0.3 is 0 Å². The van der Waals surface area contributed by atoms with E-state index in [-0.39, 0.29) is 30.5 Å². The molecule has 0 atom stereocenters. The first kappa shape index (κ1) is 26.5. The molecule has 3 aromatic heterocycles. The molecule has 0 aliphatic heterocycles. The second-order valence-corrected chi connectivity index (χ2v) is 9.08. The number of carbonyl (C=O) groups excluding carboxylic acids is 2. The Morgan fingerprint density at radius 3 is 2.63 bits per heavy atom. The Balaban J connectivity index is 1.40. The zero-order valence-electron chi connectivity index (χ0n) is 22.0. The van der Waals surface area contributed by atoms with E-state index < -0.39 is 5.91 Å². The number of pyridine rings is 1. The fourth-order valence-electron chi connectivity index (χ4n) is 4.07. The lowest BCUT2D eigenvalue weighted by atomic mass is 10.1. The molecule has 12 heteroatoms. The molecule has 4 rings (SSSR count). The minimum atomic E-state index is -0.413. The largest absolute Gasteiger partial charge is 0.382 e. The van der Waals surface area contributed by atoms with Crippen molar-refractivity contribution in [2.45, 2.75) is 40.3 Å². The quantitative estimate of drug-likeness (QED) is 0.268. The Hall–Kier alpha value is -4.61. The molecule has 38 heavy (non-hydrogen) atoms. The summed E-state index contributed by atoms with van der Waals surface area (Å²) in [5.41, 5.74) is 8.63. The summed E-state index contributed by atoms with van der Waals surface area (Å²) < 4.78 is 1.61. The summed E-state index contributed by atoms with van der Waals surface area (Å²) in [5.74, 6) is 1.65. The summed E-state index contributed by atoms with van der Waals surface area (Å²) in [6.45, 7) is 7.17. The van der Waals surface area contributed by atoms with Crippen LogP contribution in [0.2, 0.25) is 0 Å². The van der Waals surface area contributed by atoms with Gasteiger partial charge in [0.15, 0.2) is 11.5 Å². The van der Waals surface area contributed by atoms with E-state index in [4.69, 9.17) is 10.7 Å². The van der Waals surface area contributed by atoms with E-state index in [1.54, 1.807) is 23.6 Å². The van der Waals surface area contributed by atoms with Gasteiger partial charge in [0, 0.05) is 50.0 Å². The van der Waals surface area contributed by atoms with Crippen molar-refractivity contribution >= 4 is 34.4 Å². The van der Waals surface area contributed by atoms with E-state index in [0.717, 1.165) is 22.0 Å². The van der Waals surface area contributed by atoms with Crippen LogP contribution >= 0.6 is 0 Å². The molecule has 0 radical (unpaired) electrons. The number of likely N-dealkylation sites (N-methyl/N-ethyl adjacent to an activating group) is 1. The number of rotatable bonds is 10. The van der Waals surface area contributed by atoms with Crippen molar-refractivity contribution in [2.75, 3.05) is 31.2 Å². The molecule has 1 aromatic carbocycles. The number of hydrogen-bond donors (Lipinski definition) is 3. The molecule has 4 N–H and O–H groups in total. The monoisotopic (exact) mass is 516 g/mol. The lowest BCUT2D eigenvalue weighted by Gasteiger charge is -2.18. The maximum absolute atomic E-state index is 12.6. The maximum Gasteiger partial charge on any atom is 0.273 e. The summed E-state index contributed by atoms with van der Waals surface area (Å²) in [4.78, 5) is 44.0. The fourth-order valence-corrected chi connectivity index (χ4v) is 4.07. The summed E-state index contributed by atoms with van der Waals surface area (Å²) in [6.07, 6.45) is 3.56. The zero-order chi connectivity index (χ0) is 27.2. The van der Waals surface area contributed by atoms with Gasteiger partial charge in [-0.15, -0.1) is 0 Å². The van der Waals surface area contributed by atoms with Crippen LogP contribution in [0.15, 0.2) is 36.7 Å². The highest BCUT2D eigenvalue weighted by molar-refractivity contribution is 5.96. The van der Waals surface area contributed by atoms with Crippen molar-refractivity contribution < 1.29 is 9.59 Å². The van der Waals surface area contributed by atoms with Gasteiger partial charge in [0.2, 0.25) is 5.91 Å². The van der Waals surface area contributed by atoms with Gasteiger partial charge in [-0.2, -0.15) is 5.10 Å². The van der Waals surface area contributed by atoms with Gasteiger partial charge in [0.05, 0.1) is 5.52 Å². The number of anilines is 2. The molecule has 0 unspecified atom stereocenters. The fraction of sp³-hybridized carbons (Fsp3) is 0.346. The second kappa shape index (κ2) is 11.6. The Kier molecular flexibility index (Phi) is 8.09. The minimum Gasteiger partial charge on any atom is -0.382 e. The summed E-state index contributed by atoms with van der Waals surface area (Å²) in [5, 5.41) is 11.5. The third-order valence-electron chi connectivity index (χ3n) is 6.14. The van der Waals surface area contributed by atoms with E-state index in [9.17, 15) is 9.59 Å². The van der Waals surface area contributed by atoms with E-state index in [1.165, 1.54) is 12.4 Å². The van der Waals surface area contributed by atoms with E-state index in [0.29, 0.717) is 37.0 Å². The normalized spacial score (nSPS) is 10.9. The number of benzene rings is 1. The predicted molar refractivity (Wildman–Crippen MR) is 144 cm³/mol. The molecule has 0 bridgehead atoms. The highest BCUT2D eigenvalue weighted by Crippen LogP contribution is 2.23. The number of nitrogens with zero attached hydrogens (tertiary/aromatic N) is 7. The lowest BCUT2D eigenvalue weighted by Crippen LogP contribution is -2.32. The number of amides is 2. The molecule has 0 aliphatic carbocycles. The molecule has 3 heterocycles. The Morgan fingerprint density at radius 2 is 1.89 bits per heavy atom. The lowest BCUT2D eigenvalue weighted by molar-refractivity contribution is -0.130. The number of nitrogens with one attached hydrogen (secondary N) is 2. The number of fused-ring (bicyclic) bond motifs is 1. The molecule has 0 spiro atoms. The van der Waals surface area contributed by atoms with Crippen LogP contribution in [0, 0.1) is 20.8 Å². The zero-order valence-corrected chi connectivity index (χ0v) is 22.0. The Bertz CT molecular complexity index is 1470. The molecule has 0 saturated heterocycles. The number of aromatic nitrogens is 6. The van der Waals surface area contributed by atoms with Gasteiger partial charge in [-0.25, -0.2) is 24.6 Å². The van der Waals surface area contributed by atoms with Gasteiger partial charge in [-0.05, 0) is 38.8 Å². The number of aryl methyl sites for hydroxylation is 3. The third kappa shape index (κ3) is 6.20. The van der Waals surface area contributed by atoms with Crippen LogP contribution in [-0.2, 0) is 17.9 Å². The van der Waals surface area contributed by atoms with Crippen molar-refractivity contribution in [2.24, 2.45) is 0 Å². The van der Waals surface area contributed by atoms with Crippen LogP contribution in [0.5, 0.6) is 0 Å². The van der Waals surface area contributed by atoms with Gasteiger partial charge in [0.25, 0.3) is 5.91 Å². The van der Waals surface area contributed by atoms with Crippen LogP contribution in [-0.4, -0.2) is 66.6 Å². The van der Waals surface area contributed by atoms with Gasteiger partial charge in [0.1, 0.15) is 24.0 Å². The van der Waals surface area contributed by atoms with Crippen molar-refractivity contribution in [1.29, 1.82) is 0 Å². The van der Waals surface area contributed by atoms with E-state index >= 15 is 0 Å². The summed E-state index contributed by atoms with van der Waals surface area (Å²) in [7, 11) is 1.78. The molecule has 0 fully saturated rings. The van der Waals surface area contributed by atoms with Crippen molar-refractivity contribution in [1.82, 2.24) is 39.9 Å². The van der Waals surface area contributed by atoms with Gasteiger partial charge < -0.3 is 21.3 Å². The number of nitrogen functional groups attached to an aromatic ring is 1. The first-order valence-corrected chi connectivity index (χ1v) is 12.3. The molecule has 12 nitrogen and oxygen atoms in total. The number of para-hydroxylation sites is 1. The highest BCUT2D eigenvalue weighted by Gasteiger charge is 2.15. The van der Waals surface area contributed by atoms with Crippen LogP contribution in [0.1, 0.15) is 39.7 Å². The topological polar surface area (TPSA) is 157 Å². The van der Waals surface area contributed by atoms with Crippen LogP contribution < -0.4 is 16.4 Å². The molecule has 2 amide bonds. The molecule has 0 aliphatic rings. The Morgan fingerprint density at radius 1 is 1.11 bits per heavy atom. The first-order valence-electron chi connectivity index (χ1n) is 12.3. The average molecular weight is 517 g/mol. The molecular formula is C26H32N10O2. The number of carbonyl (C=O) groups is 2. The van der Waals surface area contributed by atoms with E-state index in [1.807, 2.05) is 38.1 Å². The van der Waals surface area contributed by atoms with Crippen LogP contribution in [0.4, 0.5) is 11.6 Å². The SMILES string of the molecule is Cc1nc(C)n(CC(=O)N(C)CCCNc2nc3c(C)cccc3cc2CNC(=O)c2nccnc2N)n1. The molecule has 198 valence electrons. The van der Waals surface area contributed by atoms with Gasteiger partial charge in [-0.3, -0.25) is 9.59 Å². The predicted octanol–water partition coefficient (Wildman–Crippen LogP) is 2.01. The number of hydrogen-bond acceptors (Lipinski definition) is 9. The van der Waals surface area contributed by atoms with Crippen molar-refractivity contribution in [3.8, 4) is 0 Å². The number of nitrogens with two attached hydrogens (primary N) is 1. The molecular weight excluding hydrogens is 484 g/mol. The summed E-state index contributed by atoms with van der Waals surface area (Å²) in [6, 6.07) is 7.99. The third-order valence-corrected chi connectivity index (χ3v) is 6.14.